The Labute approximate surface area is 287 Å². The first-order chi connectivity index (χ1) is 24.1. The van der Waals surface area contributed by atoms with Crippen LogP contribution in [-0.2, 0) is 25.2 Å². The lowest BCUT2D eigenvalue weighted by molar-refractivity contribution is -0.149. The van der Waals surface area contributed by atoms with Crippen molar-refractivity contribution < 1.29 is 14.3 Å². The molecule has 2 amide bonds. The number of hydrogen-bond donors (Lipinski definition) is 0. The van der Waals surface area contributed by atoms with Crippen LogP contribution in [0.1, 0.15) is 43.7 Å². The molecular weight excluding hydrogens is 608 g/mol. The van der Waals surface area contributed by atoms with Crippen LogP contribution in [0.5, 0.6) is 0 Å². The van der Waals surface area contributed by atoms with Crippen LogP contribution in [-0.4, -0.2) is 84.2 Å². The van der Waals surface area contributed by atoms with Gasteiger partial charge in [-0.05, 0) is 80.3 Å². The zero-order chi connectivity index (χ0) is 32.1. The minimum atomic E-state index is -0.252. The lowest BCUT2D eigenvalue weighted by atomic mass is 9.52. The van der Waals surface area contributed by atoms with Crippen LogP contribution in [0, 0.1) is 29.6 Å². The quantitative estimate of drug-likeness (QED) is 0.424. The van der Waals surface area contributed by atoms with Crippen molar-refractivity contribution in [1.82, 2.24) is 9.80 Å². The Morgan fingerprint density at radius 3 is 2.49 bits per heavy atom. The van der Waals surface area contributed by atoms with E-state index in [1.165, 1.54) is 28.8 Å². The number of fused-ring (bicyclic) bond motifs is 6. The van der Waals surface area contributed by atoms with Crippen LogP contribution >= 0.6 is 0 Å². The third kappa shape index (κ3) is 2.76. The van der Waals surface area contributed by atoms with E-state index in [-0.39, 0.29) is 58.8 Å². The minimum Gasteiger partial charge on any atom is -0.373 e. The molecule has 0 radical (unpaired) electrons. The topological polar surface area (TPSA) is 56.3 Å². The van der Waals surface area contributed by atoms with Crippen molar-refractivity contribution in [2.75, 3.05) is 36.0 Å². The summed E-state index contributed by atoms with van der Waals surface area (Å²) >= 11 is 0. The molecule has 2 aromatic carbocycles. The first kappa shape index (κ1) is 27.2. The van der Waals surface area contributed by atoms with E-state index in [2.05, 4.69) is 93.3 Å². The smallest absolute Gasteiger partial charge is 0.250 e. The van der Waals surface area contributed by atoms with Crippen LogP contribution in [0.4, 0.5) is 11.4 Å². The molecule has 0 N–H and O–H groups in total. The molecule has 7 heteroatoms. The van der Waals surface area contributed by atoms with Gasteiger partial charge >= 0.3 is 0 Å². The van der Waals surface area contributed by atoms with E-state index >= 15 is 4.79 Å². The summed E-state index contributed by atoms with van der Waals surface area (Å²) in [6.07, 6.45) is 13.0. The van der Waals surface area contributed by atoms with Gasteiger partial charge in [0.15, 0.2) is 0 Å². The Bertz CT molecular complexity index is 2020. The first-order valence-electron chi connectivity index (χ1n) is 19.0. The molecule has 7 nitrogen and oxygen atoms in total. The summed E-state index contributed by atoms with van der Waals surface area (Å²) < 4.78 is 7.14. The van der Waals surface area contributed by atoms with Gasteiger partial charge in [-0.15, -0.1) is 0 Å². The molecule has 13 atom stereocenters. The van der Waals surface area contributed by atoms with Gasteiger partial charge in [-0.2, -0.15) is 0 Å². The fourth-order valence-corrected chi connectivity index (χ4v) is 15.2. The van der Waals surface area contributed by atoms with E-state index in [4.69, 9.17) is 4.74 Å². The van der Waals surface area contributed by atoms with Crippen LogP contribution < -0.4 is 9.80 Å². The summed E-state index contributed by atoms with van der Waals surface area (Å²) in [7, 11) is 0. The number of amides is 2. The molecule has 2 saturated carbocycles. The van der Waals surface area contributed by atoms with Crippen molar-refractivity contribution in [3.8, 4) is 0 Å². The highest BCUT2D eigenvalue weighted by Crippen LogP contribution is 2.70. The monoisotopic (exact) mass is 650 g/mol. The minimum absolute atomic E-state index is 0.0123. The van der Waals surface area contributed by atoms with Gasteiger partial charge in [-0.1, -0.05) is 65.8 Å². The van der Waals surface area contributed by atoms with Gasteiger partial charge in [-0.25, -0.2) is 0 Å². The van der Waals surface area contributed by atoms with E-state index in [0.29, 0.717) is 36.3 Å². The average Bonchev–Trinajstić information content (AvgIpc) is 3.82. The molecule has 7 fully saturated rings. The zero-order valence-electron chi connectivity index (χ0n) is 27.9. The number of benzene rings is 2. The number of carbonyl (C=O) groups is 2. The number of allylic oxidation sites excluding steroid dienone is 1. The van der Waals surface area contributed by atoms with Crippen molar-refractivity contribution in [3.63, 3.8) is 0 Å². The fourth-order valence-electron chi connectivity index (χ4n) is 15.2. The highest BCUT2D eigenvalue weighted by molar-refractivity contribution is 6.06. The molecule has 2 aromatic rings. The number of para-hydroxylation sites is 2. The molecule has 0 aromatic heterocycles. The van der Waals surface area contributed by atoms with E-state index in [0.717, 1.165) is 44.6 Å². The standard InChI is InChI=1S/C42H42N4O3/c1-2-22-21-44-31(19-42-28-8-4-5-9-29(28)45-34(47)12-11-24(38(42)45)25(22)17-33(42)44)36-37-35-26-18-32-41(14-15-43(32)20-23(26)13-16-49-37)27-7-3-6-10-30(27)46(39(35)41)40(36)48/h2-13,24-26,31-33,35-39H,14-21H2,1H3/b22-2+/t24-,25-,26-,31+,32-,33-,35-,36-,37+,38-,39-,41+,42+/m0/s1. The molecular formula is C42H42N4O3. The number of hydrogen-bond acceptors (Lipinski definition) is 5. The average molecular weight is 651 g/mol. The third-order valence-corrected chi connectivity index (χ3v) is 16.4. The maximum absolute atomic E-state index is 15.8. The molecule has 13 rings (SSSR count). The van der Waals surface area contributed by atoms with Crippen molar-refractivity contribution >= 4 is 23.2 Å². The Balaban J connectivity index is 1.02. The van der Waals surface area contributed by atoms with Crippen LogP contribution in [0.25, 0.3) is 0 Å². The van der Waals surface area contributed by atoms with Gasteiger partial charge in [0.25, 0.3) is 5.91 Å². The maximum Gasteiger partial charge on any atom is 0.250 e. The lowest BCUT2D eigenvalue weighted by Gasteiger charge is -2.61. The normalized spacial score (nSPS) is 48.1. The van der Waals surface area contributed by atoms with Crippen LogP contribution in [0.15, 0.2) is 84.0 Å². The van der Waals surface area contributed by atoms with E-state index in [1.807, 2.05) is 6.08 Å². The van der Waals surface area contributed by atoms with E-state index < -0.39 is 0 Å². The van der Waals surface area contributed by atoms with Gasteiger partial charge in [0.05, 0.1) is 30.7 Å². The number of piperidine rings is 3. The highest BCUT2D eigenvalue weighted by Gasteiger charge is 2.76. The van der Waals surface area contributed by atoms with Crippen LogP contribution in [0.3, 0.4) is 0 Å². The SMILES string of the molecule is C/C=C1\CN2[C@@H]([C@@H]3C(=O)N4c5ccccc5[C@@]56CCN7CC8=CCO[C@@H]3[C@@H]([C@H]45)[C@H]8C[C@H]76)C[C@]34c5ccccc5N5C(=O)C=C[C@H]([C@H]53)[C@H]1C[C@H]24. The second-order valence-electron chi connectivity index (χ2n) is 17.3. The summed E-state index contributed by atoms with van der Waals surface area (Å²) in [5.41, 5.74) is 7.85. The molecule has 4 bridgehead atoms. The van der Waals surface area contributed by atoms with E-state index in [1.54, 1.807) is 5.57 Å². The van der Waals surface area contributed by atoms with E-state index in [9.17, 15) is 4.79 Å². The van der Waals surface area contributed by atoms with Gasteiger partial charge in [0, 0.05) is 65.3 Å². The Hall–Kier alpha value is -3.52. The Morgan fingerprint density at radius 1 is 0.878 bits per heavy atom. The molecule has 5 saturated heterocycles. The highest BCUT2D eigenvalue weighted by atomic mass is 16.5. The third-order valence-electron chi connectivity index (χ3n) is 16.4. The molecule has 49 heavy (non-hydrogen) atoms. The molecule has 2 aliphatic carbocycles. The van der Waals surface area contributed by atoms with Gasteiger partial charge in [0.2, 0.25) is 5.91 Å². The summed E-state index contributed by atoms with van der Waals surface area (Å²) in [5, 5.41) is 0. The summed E-state index contributed by atoms with van der Waals surface area (Å²) in [4.78, 5) is 39.7. The summed E-state index contributed by atoms with van der Waals surface area (Å²) in [6, 6.07) is 18.8. The van der Waals surface area contributed by atoms with Crippen molar-refractivity contribution in [1.29, 1.82) is 0 Å². The Kier molecular flexibility index (Phi) is 4.82. The number of carbonyl (C=O) groups excluding carboxylic acids is 2. The summed E-state index contributed by atoms with van der Waals surface area (Å²) in [5.74, 6) is 1.61. The van der Waals surface area contributed by atoms with Gasteiger partial charge in [0.1, 0.15) is 0 Å². The maximum atomic E-state index is 15.8. The second kappa shape index (κ2) is 8.67. The molecule has 2 spiro atoms. The van der Waals surface area contributed by atoms with Gasteiger partial charge in [-0.3, -0.25) is 19.4 Å². The van der Waals surface area contributed by atoms with Crippen molar-refractivity contribution in [2.24, 2.45) is 29.6 Å². The largest absolute Gasteiger partial charge is 0.373 e. The molecule has 248 valence electrons. The number of ether oxygens (including phenoxy) is 1. The first-order valence-corrected chi connectivity index (χ1v) is 19.0. The van der Waals surface area contributed by atoms with Gasteiger partial charge < -0.3 is 14.5 Å². The predicted molar refractivity (Wildman–Crippen MR) is 185 cm³/mol. The van der Waals surface area contributed by atoms with Crippen molar-refractivity contribution in [2.45, 2.75) is 79.8 Å². The Morgan fingerprint density at radius 2 is 1.65 bits per heavy atom. The molecule has 11 aliphatic rings. The van der Waals surface area contributed by atoms with Crippen molar-refractivity contribution in [3.05, 3.63) is 95.1 Å². The predicted octanol–water partition coefficient (Wildman–Crippen LogP) is 4.58. The number of anilines is 2. The fraction of sp³-hybridized carbons (Fsp3) is 0.524. The lowest BCUT2D eigenvalue weighted by Crippen LogP contribution is -2.73. The number of nitrogens with zero attached hydrogens (tertiary/aromatic N) is 4. The summed E-state index contributed by atoms with van der Waals surface area (Å²) in [6.45, 7) is 5.88. The van der Waals surface area contributed by atoms with Crippen LogP contribution in [0.2, 0.25) is 0 Å². The molecule has 9 aliphatic heterocycles. The zero-order valence-corrected chi connectivity index (χ0v) is 27.9. The molecule has 9 heterocycles. The number of rotatable bonds is 1. The second-order valence-corrected chi connectivity index (χ2v) is 17.3. The molecule has 0 unspecified atom stereocenters.